The average molecular weight is 179 g/mol. The fourth-order valence-electron chi connectivity index (χ4n) is 1.22. The number of rotatable bonds is 4. The molecule has 0 aliphatic carbocycles. The Kier molecular flexibility index (Phi) is 3.71. The first kappa shape index (κ1) is 9.99. The minimum atomic E-state index is 0.875. The Morgan fingerprint density at radius 2 is 2.23 bits per heavy atom. The van der Waals surface area contributed by atoms with Gasteiger partial charge in [-0.05, 0) is 19.5 Å². The zero-order valence-electron chi connectivity index (χ0n) is 8.52. The van der Waals surface area contributed by atoms with E-state index in [4.69, 9.17) is 0 Å². The molecule has 0 aromatic carbocycles. The minimum Gasteiger partial charge on any atom is -0.388 e. The van der Waals surface area contributed by atoms with Crippen molar-refractivity contribution >= 4 is 5.69 Å². The van der Waals surface area contributed by atoms with Crippen LogP contribution >= 0.6 is 0 Å². The number of aryl methyl sites for hydroxylation is 1. The third kappa shape index (κ3) is 2.70. The summed E-state index contributed by atoms with van der Waals surface area (Å²) in [6.07, 6.45) is 1.92. The number of aromatic nitrogens is 1. The van der Waals surface area contributed by atoms with Crippen LogP contribution in [-0.2, 0) is 6.54 Å². The van der Waals surface area contributed by atoms with Gasteiger partial charge < -0.3 is 10.6 Å². The first-order valence-electron chi connectivity index (χ1n) is 4.62. The van der Waals surface area contributed by atoms with E-state index < -0.39 is 0 Å². The summed E-state index contributed by atoms with van der Waals surface area (Å²) < 4.78 is 0. The van der Waals surface area contributed by atoms with Gasteiger partial charge in [-0.2, -0.15) is 0 Å². The van der Waals surface area contributed by atoms with E-state index in [0.717, 1.165) is 24.5 Å². The van der Waals surface area contributed by atoms with Crippen LogP contribution in [0, 0.1) is 6.92 Å². The van der Waals surface area contributed by atoms with Crippen LogP contribution in [0.5, 0.6) is 0 Å². The van der Waals surface area contributed by atoms with E-state index in [1.54, 1.807) is 0 Å². The zero-order chi connectivity index (χ0) is 9.68. The first-order chi connectivity index (χ1) is 6.27. The van der Waals surface area contributed by atoms with Crippen molar-refractivity contribution in [3.63, 3.8) is 0 Å². The van der Waals surface area contributed by atoms with Gasteiger partial charge in [0.2, 0.25) is 0 Å². The molecule has 1 heterocycles. The second kappa shape index (κ2) is 4.82. The van der Waals surface area contributed by atoms with Crippen molar-refractivity contribution in [1.82, 2.24) is 10.3 Å². The molecule has 3 heteroatoms. The summed E-state index contributed by atoms with van der Waals surface area (Å²) in [7, 11) is 1.93. The molecule has 0 radical (unpaired) electrons. The predicted molar refractivity (Wildman–Crippen MR) is 55.9 cm³/mol. The standard InChI is InChI=1S/C10H17N3/c1-4-12-6-9-7-13-8(2)5-10(9)11-3/h5,7,12H,4,6H2,1-3H3,(H,11,13). The highest BCUT2D eigenvalue weighted by atomic mass is 14.9. The molecule has 0 unspecified atom stereocenters. The summed E-state index contributed by atoms with van der Waals surface area (Å²) in [6, 6.07) is 2.06. The first-order valence-corrected chi connectivity index (χ1v) is 4.62. The van der Waals surface area contributed by atoms with Crippen LogP contribution in [0.25, 0.3) is 0 Å². The SMILES string of the molecule is CCNCc1cnc(C)cc1NC. The molecule has 0 aliphatic heterocycles. The second-order valence-corrected chi connectivity index (χ2v) is 3.01. The fraction of sp³-hybridized carbons (Fsp3) is 0.500. The second-order valence-electron chi connectivity index (χ2n) is 3.01. The molecule has 0 amide bonds. The molecule has 0 bridgehead atoms. The molecule has 0 spiro atoms. The zero-order valence-corrected chi connectivity index (χ0v) is 8.52. The summed E-state index contributed by atoms with van der Waals surface area (Å²) in [5, 5.41) is 6.44. The highest BCUT2D eigenvalue weighted by molar-refractivity contribution is 5.50. The molecule has 0 aliphatic rings. The van der Waals surface area contributed by atoms with Crippen LogP contribution in [0.1, 0.15) is 18.2 Å². The van der Waals surface area contributed by atoms with E-state index in [2.05, 4.69) is 28.6 Å². The Morgan fingerprint density at radius 1 is 1.46 bits per heavy atom. The molecule has 13 heavy (non-hydrogen) atoms. The van der Waals surface area contributed by atoms with E-state index >= 15 is 0 Å². The number of pyridine rings is 1. The van der Waals surface area contributed by atoms with Crippen LogP contribution in [0.4, 0.5) is 5.69 Å². The van der Waals surface area contributed by atoms with Gasteiger partial charge in [0.1, 0.15) is 0 Å². The van der Waals surface area contributed by atoms with Crippen LogP contribution in [-0.4, -0.2) is 18.6 Å². The molecule has 1 rings (SSSR count). The maximum absolute atomic E-state index is 4.26. The number of nitrogens with one attached hydrogen (secondary N) is 2. The summed E-state index contributed by atoms with van der Waals surface area (Å²) in [4.78, 5) is 4.26. The fourth-order valence-corrected chi connectivity index (χ4v) is 1.22. The Balaban J connectivity index is 2.79. The summed E-state index contributed by atoms with van der Waals surface area (Å²) in [6.45, 7) is 5.95. The lowest BCUT2D eigenvalue weighted by atomic mass is 10.2. The predicted octanol–water partition coefficient (Wildman–Crippen LogP) is 1.54. The third-order valence-electron chi connectivity index (χ3n) is 1.96. The van der Waals surface area contributed by atoms with Crippen molar-refractivity contribution in [2.45, 2.75) is 20.4 Å². The van der Waals surface area contributed by atoms with Crippen molar-refractivity contribution in [3.05, 3.63) is 23.5 Å². The van der Waals surface area contributed by atoms with Gasteiger partial charge in [0.25, 0.3) is 0 Å². The van der Waals surface area contributed by atoms with E-state index in [1.807, 2.05) is 20.2 Å². The van der Waals surface area contributed by atoms with Gasteiger partial charge in [-0.1, -0.05) is 6.92 Å². The number of hydrogen-bond donors (Lipinski definition) is 2. The smallest absolute Gasteiger partial charge is 0.0416 e. The molecule has 0 saturated heterocycles. The van der Waals surface area contributed by atoms with Gasteiger partial charge >= 0.3 is 0 Å². The van der Waals surface area contributed by atoms with Crippen molar-refractivity contribution in [2.24, 2.45) is 0 Å². The summed E-state index contributed by atoms with van der Waals surface area (Å²) in [5.74, 6) is 0. The summed E-state index contributed by atoms with van der Waals surface area (Å²) >= 11 is 0. The molecule has 2 N–H and O–H groups in total. The number of anilines is 1. The van der Waals surface area contributed by atoms with Gasteiger partial charge in [0.05, 0.1) is 0 Å². The van der Waals surface area contributed by atoms with Crippen molar-refractivity contribution in [1.29, 1.82) is 0 Å². The molecule has 72 valence electrons. The molecule has 0 fully saturated rings. The third-order valence-corrected chi connectivity index (χ3v) is 1.96. The van der Waals surface area contributed by atoms with Crippen molar-refractivity contribution in [2.75, 3.05) is 18.9 Å². The Morgan fingerprint density at radius 3 is 2.85 bits per heavy atom. The van der Waals surface area contributed by atoms with E-state index in [9.17, 15) is 0 Å². The molecule has 3 nitrogen and oxygen atoms in total. The molecule has 0 atom stereocenters. The molecule has 1 aromatic rings. The normalized spacial score (nSPS) is 10.1. The monoisotopic (exact) mass is 179 g/mol. The molecular weight excluding hydrogens is 162 g/mol. The van der Waals surface area contributed by atoms with Gasteiger partial charge in [-0.15, -0.1) is 0 Å². The van der Waals surface area contributed by atoms with Gasteiger partial charge in [0, 0.05) is 36.7 Å². The summed E-state index contributed by atoms with van der Waals surface area (Å²) in [5.41, 5.74) is 3.42. The van der Waals surface area contributed by atoms with Crippen LogP contribution in [0.3, 0.4) is 0 Å². The van der Waals surface area contributed by atoms with Gasteiger partial charge in [0.15, 0.2) is 0 Å². The average Bonchev–Trinajstić information content (AvgIpc) is 2.16. The molecule has 1 aromatic heterocycles. The largest absolute Gasteiger partial charge is 0.388 e. The maximum Gasteiger partial charge on any atom is 0.0416 e. The highest BCUT2D eigenvalue weighted by Gasteiger charge is 2.00. The molecular formula is C10H17N3. The Hall–Kier alpha value is -1.09. The minimum absolute atomic E-state index is 0.875. The van der Waals surface area contributed by atoms with E-state index in [0.29, 0.717) is 0 Å². The molecule has 0 saturated carbocycles. The van der Waals surface area contributed by atoms with Crippen molar-refractivity contribution < 1.29 is 0 Å². The van der Waals surface area contributed by atoms with Gasteiger partial charge in [-0.25, -0.2) is 0 Å². The lowest BCUT2D eigenvalue weighted by molar-refractivity contribution is 0.725. The van der Waals surface area contributed by atoms with Gasteiger partial charge in [-0.3, -0.25) is 4.98 Å². The number of nitrogens with zero attached hydrogens (tertiary/aromatic N) is 1. The lowest BCUT2D eigenvalue weighted by Crippen LogP contribution is -2.13. The lowest BCUT2D eigenvalue weighted by Gasteiger charge is -2.09. The highest BCUT2D eigenvalue weighted by Crippen LogP contribution is 2.14. The van der Waals surface area contributed by atoms with Crippen LogP contribution in [0.2, 0.25) is 0 Å². The number of hydrogen-bond acceptors (Lipinski definition) is 3. The Bertz CT molecular complexity index is 271. The maximum atomic E-state index is 4.26. The quantitative estimate of drug-likeness (QED) is 0.736. The van der Waals surface area contributed by atoms with Crippen LogP contribution in [0.15, 0.2) is 12.3 Å². The topological polar surface area (TPSA) is 37.0 Å². The van der Waals surface area contributed by atoms with Crippen molar-refractivity contribution in [3.8, 4) is 0 Å². The van der Waals surface area contributed by atoms with E-state index in [1.165, 1.54) is 5.56 Å². The van der Waals surface area contributed by atoms with Crippen LogP contribution < -0.4 is 10.6 Å². The van der Waals surface area contributed by atoms with E-state index in [-0.39, 0.29) is 0 Å². The Labute approximate surface area is 79.6 Å².